The van der Waals surface area contributed by atoms with E-state index < -0.39 is 29.8 Å². The van der Waals surface area contributed by atoms with Crippen LogP contribution >= 0.6 is 0 Å². The monoisotopic (exact) mass is 446 g/mol. The van der Waals surface area contributed by atoms with Crippen molar-refractivity contribution in [1.29, 1.82) is 0 Å². The van der Waals surface area contributed by atoms with Crippen LogP contribution in [-0.4, -0.2) is 110 Å². The molecule has 0 rings (SSSR count). The molecule has 0 amide bonds. The van der Waals surface area contributed by atoms with Gasteiger partial charge in [-0.15, -0.1) is 0 Å². The molecule has 0 aliphatic rings. The van der Waals surface area contributed by atoms with E-state index in [1.807, 2.05) is 0 Å². The first-order valence-corrected chi connectivity index (χ1v) is 7.36. The maximum atomic E-state index is 9.37. The van der Waals surface area contributed by atoms with Crippen molar-refractivity contribution in [1.82, 2.24) is 0 Å². The van der Waals surface area contributed by atoms with Crippen LogP contribution in [0.15, 0.2) is 0 Å². The van der Waals surface area contributed by atoms with Crippen molar-refractivity contribution in [2.75, 3.05) is 0 Å². The molecule has 0 aromatic rings. The first-order chi connectivity index (χ1) is 11.4. The van der Waals surface area contributed by atoms with Gasteiger partial charge < -0.3 is 44.7 Å². The number of carbonyl (C=O) groups is 5. The molecule has 1 N–H and O–H groups in total. The fraction of sp³-hybridized carbons (Fsp3) is 0.667. The zero-order valence-electron chi connectivity index (χ0n) is 16.6. The van der Waals surface area contributed by atoms with E-state index in [4.69, 9.17) is 5.11 Å². The second kappa shape index (κ2) is 40.5. The van der Waals surface area contributed by atoms with Gasteiger partial charge in [-0.25, -0.2) is 0 Å². The van der Waals surface area contributed by atoms with Crippen molar-refractivity contribution in [2.45, 2.75) is 66.7 Å². The normalized spacial score (nSPS) is 6.85. The van der Waals surface area contributed by atoms with Gasteiger partial charge in [0.2, 0.25) is 0 Å². The van der Waals surface area contributed by atoms with Gasteiger partial charge in [-0.2, -0.15) is 0 Å². The van der Waals surface area contributed by atoms with Gasteiger partial charge in [0, 0.05) is 30.3 Å². The predicted octanol–water partition coefficient (Wildman–Crippen LogP) is -3.70. The Kier molecular flexibility index (Phi) is 68.4. The van der Waals surface area contributed by atoms with E-state index in [1.165, 1.54) is 27.7 Å². The molecule has 0 heterocycles. The molecule has 0 atom stereocenters. The third kappa shape index (κ3) is 151. The number of aliphatic carboxylic acids is 5. The summed E-state index contributed by atoms with van der Waals surface area (Å²) < 4.78 is 0. The second-order valence-corrected chi connectivity index (χ2v) is 3.65. The average Bonchev–Trinajstić information content (AvgIpc) is 2.56. The molecule has 150 valence electrons. The Morgan fingerprint density at radius 1 is 0.519 bits per heavy atom. The molecule has 0 aromatic heterocycles. The largest absolute Gasteiger partial charge is 2.00 e. The molecule has 0 saturated heterocycles. The third-order valence-corrected chi connectivity index (χ3v) is 1.46. The van der Waals surface area contributed by atoms with Crippen molar-refractivity contribution in [3.05, 3.63) is 0 Å². The van der Waals surface area contributed by atoms with Crippen LogP contribution in [0.5, 0.6) is 0 Å². The quantitative estimate of drug-likeness (QED) is 0.410. The van der Waals surface area contributed by atoms with Crippen molar-refractivity contribution in [2.24, 2.45) is 0 Å². The Balaban J connectivity index is -0.0000000364. The Morgan fingerprint density at radius 2 is 0.593 bits per heavy atom. The number of carbonyl (C=O) groups excluding carboxylic acids is 4. The van der Waals surface area contributed by atoms with Crippen LogP contribution in [0, 0.1) is 0 Å². The van der Waals surface area contributed by atoms with Gasteiger partial charge in [-0.05, 0) is 25.7 Å². The van der Waals surface area contributed by atoms with Gasteiger partial charge in [0.15, 0.2) is 0 Å². The van der Waals surface area contributed by atoms with Gasteiger partial charge in [-0.1, -0.05) is 34.6 Å². The molecule has 0 saturated carbocycles. The molecule has 0 bridgehead atoms. The average molecular weight is 447 g/mol. The summed E-state index contributed by atoms with van der Waals surface area (Å²) in [4.78, 5) is 46.4. The zero-order chi connectivity index (χ0) is 21.4. The minimum atomic E-state index is -0.995. The molecule has 27 heavy (non-hydrogen) atoms. The fourth-order valence-electron chi connectivity index (χ4n) is 0. The summed E-state index contributed by atoms with van der Waals surface area (Å²) >= 11 is 0. The summed E-state index contributed by atoms with van der Waals surface area (Å²) in [5.41, 5.74) is 0. The molecule has 10 nitrogen and oxygen atoms in total. The van der Waals surface area contributed by atoms with Crippen LogP contribution in [0.1, 0.15) is 66.7 Å². The molecule has 0 fully saturated rings. The molecule has 0 radical (unpaired) electrons. The summed E-state index contributed by atoms with van der Waals surface area (Å²) in [5, 5.41) is 44.8. The zero-order valence-corrected chi connectivity index (χ0v) is 21.0. The maximum Gasteiger partial charge on any atom is 2.00 e. The first-order valence-electron chi connectivity index (χ1n) is 7.36. The van der Waals surface area contributed by atoms with E-state index in [0.29, 0.717) is 0 Å². The Hall–Kier alpha value is -0.131. The van der Waals surface area contributed by atoms with Crippen LogP contribution in [0.25, 0.3) is 0 Å². The minimum absolute atomic E-state index is 0. The van der Waals surface area contributed by atoms with E-state index in [1.54, 1.807) is 6.92 Å². The van der Waals surface area contributed by atoms with Crippen LogP contribution in [0.3, 0.4) is 0 Å². The van der Waals surface area contributed by atoms with Gasteiger partial charge >= 0.3 is 81.4 Å². The number of carboxylic acids is 5. The topological polar surface area (TPSA) is 198 Å². The van der Waals surface area contributed by atoms with Gasteiger partial charge in [0.05, 0.1) is 0 Å². The van der Waals surface area contributed by atoms with Gasteiger partial charge in [-0.3, -0.25) is 4.79 Å². The van der Waals surface area contributed by atoms with E-state index in [-0.39, 0.29) is 108 Å². The first kappa shape index (κ1) is 45.5. The predicted molar refractivity (Wildman–Crippen MR) is 90.6 cm³/mol. The summed E-state index contributed by atoms with van der Waals surface area (Å²) in [5.74, 6) is -4.73. The fourth-order valence-corrected chi connectivity index (χ4v) is 0. The summed E-state index contributed by atoms with van der Waals surface area (Å²) in [6.07, 6.45) is 0.667. The Morgan fingerprint density at radius 3 is 0.593 bits per heavy atom. The van der Waals surface area contributed by atoms with E-state index in [0.717, 1.165) is 0 Å². The van der Waals surface area contributed by atoms with Gasteiger partial charge in [0.25, 0.3) is 0 Å². The maximum absolute atomic E-state index is 9.37. The molecule has 12 heteroatoms. The van der Waals surface area contributed by atoms with Gasteiger partial charge in [0.1, 0.15) is 0 Å². The minimum Gasteiger partial charge on any atom is -0.550 e. The summed E-state index contributed by atoms with van der Waals surface area (Å²) in [6, 6.07) is 0. The van der Waals surface area contributed by atoms with Crippen molar-refractivity contribution >= 4 is 105 Å². The molecule has 0 aliphatic heterocycles. The van der Waals surface area contributed by atoms with Crippen LogP contribution in [0.2, 0.25) is 0 Å². The van der Waals surface area contributed by atoms with Crippen LogP contribution in [0.4, 0.5) is 0 Å². The Bertz CT molecular complexity index is 292. The summed E-state index contributed by atoms with van der Waals surface area (Å²) in [7, 11) is 0. The standard InChI is InChI=1S/5C3H6O2.2Ca/c5*1-2-3(4)5;;/h5*2H2,1H3,(H,4,5);;/q;;;;;2*+2/p-4. The molecule has 0 spiro atoms. The van der Waals surface area contributed by atoms with Crippen molar-refractivity contribution in [3.63, 3.8) is 0 Å². The number of hydrogen-bond donors (Lipinski definition) is 1. The molecule has 0 aromatic carbocycles. The smallest absolute Gasteiger partial charge is 0.550 e. The van der Waals surface area contributed by atoms with E-state index in [2.05, 4.69) is 0 Å². The molecular formula is C15H26Ca2O10. The third-order valence-electron chi connectivity index (χ3n) is 1.46. The number of rotatable bonds is 5. The van der Waals surface area contributed by atoms with E-state index in [9.17, 15) is 44.4 Å². The molecule has 0 aliphatic carbocycles. The van der Waals surface area contributed by atoms with Crippen LogP contribution < -0.4 is 20.4 Å². The second-order valence-electron chi connectivity index (χ2n) is 3.65. The van der Waals surface area contributed by atoms with Crippen molar-refractivity contribution < 1.29 is 49.5 Å². The van der Waals surface area contributed by atoms with Crippen LogP contribution in [-0.2, 0) is 24.0 Å². The molecular weight excluding hydrogens is 420 g/mol. The number of hydrogen-bond acceptors (Lipinski definition) is 9. The SMILES string of the molecule is CCC(=O)O.CCC(=O)[O-].CCC(=O)[O-].CCC(=O)[O-].CCC(=O)[O-].[Ca+2].[Ca+2]. The number of carboxylic acid groups (broad SMARTS) is 5. The molecule has 0 unspecified atom stereocenters. The Labute approximate surface area is 219 Å². The van der Waals surface area contributed by atoms with Crippen molar-refractivity contribution in [3.8, 4) is 0 Å². The summed E-state index contributed by atoms with van der Waals surface area (Å²) in [6.45, 7) is 7.75. The van der Waals surface area contributed by atoms with E-state index >= 15 is 0 Å².